The summed E-state index contributed by atoms with van der Waals surface area (Å²) in [4.78, 5) is 29.6. The highest BCUT2D eigenvalue weighted by Gasteiger charge is 2.26. The number of carboxylic acid groups (broad SMARTS) is 1. The Morgan fingerprint density at radius 3 is 2.67 bits per heavy atom. The van der Waals surface area contributed by atoms with Crippen LogP contribution in [0.5, 0.6) is 5.75 Å². The van der Waals surface area contributed by atoms with Crippen LogP contribution >= 0.6 is 0 Å². The number of nitrogens with one attached hydrogen (secondary N) is 1. The van der Waals surface area contributed by atoms with Crippen molar-refractivity contribution in [2.45, 2.75) is 45.7 Å². The number of rotatable bonds is 7. The first-order valence-electron chi connectivity index (χ1n) is 10.9. The summed E-state index contributed by atoms with van der Waals surface area (Å²) >= 11 is 0. The number of benzene rings is 1. The molecule has 1 fully saturated rings. The van der Waals surface area contributed by atoms with Gasteiger partial charge in [0.25, 0.3) is 5.91 Å². The number of aryl methyl sites for hydroxylation is 1. The number of pyridine rings is 1. The number of hydrogen-bond acceptors (Lipinski definition) is 7. The van der Waals surface area contributed by atoms with Gasteiger partial charge in [-0.1, -0.05) is 12.1 Å². The van der Waals surface area contributed by atoms with Gasteiger partial charge in [0.2, 0.25) is 5.82 Å². The molecule has 10 nitrogen and oxygen atoms in total. The maximum atomic E-state index is 12.6. The molecule has 4 rings (SSSR count). The minimum Gasteiger partial charge on any atom is -0.508 e. The summed E-state index contributed by atoms with van der Waals surface area (Å²) in [6.45, 7) is 2.64. The largest absolute Gasteiger partial charge is 0.508 e. The van der Waals surface area contributed by atoms with E-state index in [0.29, 0.717) is 42.4 Å². The number of carbonyl (C=O) groups is 2. The second-order valence-electron chi connectivity index (χ2n) is 8.46. The van der Waals surface area contributed by atoms with Crippen molar-refractivity contribution in [2.24, 2.45) is 11.8 Å². The third-order valence-corrected chi connectivity index (χ3v) is 5.88. The number of phenolic OH excluding ortho intramolecular Hbond substituents is 1. The number of phenols is 1. The second kappa shape index (κ2) is 9.76. The van der Waals surface area contributed by atoms with E-state index in [1.807, 2.05) is 6.07 Å². The normalized spacial score (nSPS) is 18.1. The SMILES string of the molecule is Cc1cc(-c2nnn(CC3CCC(C(=O)O)CC3)n2)cc(C(=O)NCc2cccc(O)c2)n1. The van der Waals surface area contributed by atoms with Crippen LogP contribution in [0.4, 0.5) is 0 Å². The number of aromatic hydroxyl groups is 1. The van der Waals surface area contributed by atoms with Crippen LogP contribution in [0.3, 0.4) is 0 Å². The molecule has 10 heteroatoms. The van der Waals surface area contributed by atoms with E-state index < -0.39 is 5.97 Å². The molecule has 3 aromatic rings. The first kappa shape index (κ1) is 22.4. The topological polar surface area (TPSA) is 143 Å². The average molecular weight is 450 g/mol. The van der Waals surface area contributed by atoms with Crippen molar-refractivity contribution in [1.29, 1.82) is 0 Å². The highest BCUT2D eigenvalue weighted by molar-refractivity contribution is 5.93. The Morgan fingerprint density at radius 1 is 1.15 bits per heavy atom. The Bertz CT molecular complexity index is 1150. The maximum absolute atomic E-state index is 12.6. The molecule has 1 saturated carbocycles. The molecule has 1 amide bonds. The fourth-order valence-electron chi connectivity index (χ4n) is 4.11. The van der Waals surface area contributed by atoms with E-state index in [9.17, 15) is 14.7 Å². The number of carboxylic acids is 1. The van der Waals surface area contributed by atoms with Crippen LogP contribution in [-0.4, -0.2) is 47.3 Å². The van der Waals surface area contributed by atoms with Gasteiger partial charge in [0.05, 0.1) is 12.5 Å². The molecule has 0 atom stereocenters. The van der Waals surface area contributed by atoms with Crippen molar-refractivity contribution in [3.8, 4) is 17.1 Å². The second-order valence-corrected chi connectivity index (χ2v) is 8.46. The molecule has 172 valence electrons. The molecule has 33 heavy (non-hydrogen) atoms. The summed E-state index contributed by atoms with van der Waals surface area (Å²) < 4.78 is 0. The fraction of sp³-hybridized carbons (Fsp3) is 0.391. The van der Waals surface area contributed by atoms with Gasteiger partial charge in [-0.25, -0.2) is 4.98 Å². The summed E-state index contributed by atoms with van der Waals surface area (Å²) in [5, 5.41) is 34.3. The van der Waals surface area contributed by atoms with Crippen LogP contribution in [0.25, 0.3) is 11.4 Å². The molecule has 3 N–H and O–H groups in total. The molecule has 1 aliphatic carbocycles. The van der Waals surface area contributed by atoms with Crippen LogP contribution in [0.1, 0.15) is 47.4 Å². The van der Waals surface area contributed by atoms with E-state index in [1.54, 1.807) is 42.1 Å². The summed E-state index contributed by atoms with van der Waals surface area (Å²) in [7, 11) is 0. The maximum Gasteiger partial charge on any atom is 0.306 e. The molecule has 0 saturated heterocycles. The molecule has 2 aromatic heterocycles. The van der Waals surface area contributed by atoms with Crippen LogP contribution in [0.2, 0.25) is 0 Å². The lowest BCUT2D eigenvalue weighted by Gasteiger charge is -2.25. The molecular formula is C23H26N6O4. The van der Waals surface area contributed by atoms with Crippen molar-refractivity contribution < 1.29 is 19.8 Å². The first-order valence-corrected chi connectivity index (χ1v) is 10.9. The van der Waals surface area contributed by atoms with Gasteiger partial charge in [-0.2, -0.15) is 4.80 Å². The first-order chi connectivity index (χ1) is 15.9. The number of amides is 1. The van der Waals surface area contributed by atoms with Crippen LogP contribution in [0, 0.1) is 18.8 Å². The van der Waals surface area contributed by atoms with E-state index in [4.69, 9.17) is 5.11 Å². The van der Waals surface area contributed by atoms with Crippen molar-refractivity contribution >= 4 is 11.9 Å². The summed E-state index contributed by atoms with van der Waals surface area (Å²) in [5.41, 5.74) is 2.32. The van der Waals surface area contributed by atoms with Crippen molar-refractivity contribution in [2.75, 3.05) is 0 Å². The summed E-state index contributed by atoms with van der Waals surface area (Å²) in [6, 6.07) is 10.1. The van der Waals surface area contributed by atoms with Crippen LogP contribution in [-0.2, 0) is 17.9 Å². The minimum atomic E-state index is -0.718. The lowest BCUT2D eigenvalue weighted by molar-refractivity contribution is -0.143. The van der Waals surface area contributed by atoms with Crippen LogP contribution < -0.4 is 5.32 Å². The number of aromatic nitrogens is 5. The standard InChI is InChI=1S/C23H26N6O4/c1-14-9-18(11-20(25-14)22(31)24-12-16-3-2-4-19(30)10-16)21-26-28-29(27-21)13-15-5-7-17(8-6-15)23(32)33/h2-4,9-11,15,17,30H,5-8,12-13H2,1H3,(H,24,31)(H,32,33). The quantitative estimate of drug-likeness (QED) is 0.498. The number of carbonyl (C=O) groups excluding carboxylic acids is 1. The predicted octanol–water partition coefficient (Wildman–Crippen LogP) is 2.57. The van der Waals surface area contributed by atoms with Gasteiger partial charge in [-0.15, -0.1) is 10.2 Å². The van der Waals surface area contributed by atoms with Gasteiger partial charge in [0.1, 0.15) is 11.4 Å². The van der Waals surface area contributed by atoms with E-state index in [0.717, 1.165) is 18.4 Å². The molecule has 0 bridgehead atoms. The summed E-state index contributed by atoms with van der Waals surface area (Å²) in [5.74, 6) is -0.447. The third-order valence-electron chi connectivity index (χ3n) is 5.88. The molecule has 0 radical (unpaired) electrons. The molecule has 1 aliphatic rings. The van der Waals surface area contributed by atoms with Crippen molar-refractivity contribution in [3.63, 3.8) is 0 Å². The fourth-order valence-corrected chi connectivity index (χ4v) is 4.11. The minimum absolute atomic E-state index is 0.141. The smallest absolute Gasteiger partial charge is 0.306 e. The van der Waals surface area contributed by atoms with Crippen molar-refractivity contribution in [3.05, 3.63) is 53.3 Å². The number of hydrogen-bond donors (Lipinski definition) is 3. The van der Waals surface area contributed by atoms with Gasteiger partial charge in [0.15, 0.2) is 0 Å². The van der Waals surface area contributed by atoms with Gasteiger partial charge < -0.3 is 15.5 Å². The van der Waals surface area contributed by atoms with Gasteiger partial charge in [0, 0.05) is 17.8 Å². The third kappa shape index (κ3) is 5.71. The number of tetrazole rings is 1. The number of nitrogens with zero attached hydrogens (tertiary/aromatic N) is 5. The van der Waals surface area contributed by atoms with Gasteiger partial charge in [-0.05, 0) is 73.6 Å². The molecule has 0 aliphatic heterocycles. The Morgan fingerprint density at radius 2 is 1.94 bits per heavy atom. The Balaban J connectivity index is 1.41. The monoisotopic (exact) mass is 450 g/mol. The Kier molecular flexibility index (Phi) is 6.62. The predicted molar refractivity (Wildman–Crippen MR) is 118 cm³/mol. The molecular weight excluding hydrogens is 424 g/mol. The van der Waals surface area contributed by atoms with E-state index >= 15 is 0 Å². The van der Waals surface area contributed by atoms with Gasteiger partial charge in [-0.3, -0.25) is 9.59 Å². The number of aliphatic carboxylic acids is 1. The molecule has 0 unspecified atom stereocenters. The lowest BCUT2D eigenvalue weighted by Crippen LogP contribution is -2.24. The molecule has 1 aromatic carbocycles. The van der Waals surface area contributed by atoms with E-state index in [2.05, 4.69) is 25.7 Å². The average Bonchev–Trinajstić information content (AvgIpc) is 3.26. The molecule has 2 heterocycles. The highest BCUT2D eigenvalue weighted by Crippen LogP contribution is 2.29. The zero-order valence-electron chi connectivity index (χ0n) is 18.3. The van der Waals surface area contributed by atoms with Crippen LogP contribution in [0.15, 0.2) is 36.4 Å². The molecule has 0 spiro atoms. The van der Waals surface area contributed by atoms with E-state index in [1.165, 1.54) is 0 Å². The summed E-state index contributed by atoms with van der Waals surface area (Å²) in [6.07, 6.45) is 3.00. The van der Waals surface area contributed by atoms with Gasteiger partial charge >= 0.3 is 5.97 Å². The Hall–Kier alpha value is -3.82. The zero-order chi connectivity index (χ0) is 23.4. The van der Waals surface area contributed by atoms with E-state index in [-0.39, 0.29) is 29.8 Å². The lowest BCUT2D eigenvalue weighted by atomic mass is 9.82. The van der Waals surface area contributed by atoms with Crippen molar-refractivity contribution in [1.82, 2.24) is 30.5 Å². The zero-order valence-corrected chi connectivity index (χ0v) is 18.3. The Labute approximate surface area is 190 Å². The highest BCUT2D eigenvalue weighted by atomic mass is 16.4.